The van der Waals surface area contributed by atoms with Gasteiger partial charge >= 0.3 is 0 Å². The average molecular weight is 394 g/mol. The van der Waals surface area contributed by atoms with Crippen LogP contribution < -0.4 is 5.32 Å². The molecule has 0 unspecified atom stereocenters. The second-order valence-electron chi connectivity index (χ2n) is 6.31. The van der Waals surface area contributed by atoms with Crippen molar-refractivity contribution in [2.75, 3.05) is 19.4 Å². The van der Waals surface area contributed by atoms with Gasteiger partial charge in [-0.05, 0) is 54.1 Å². The highest BCUT2D eigenvalue weighted by molar-refractivity contribution is 7.16. The Morgan fingerprint density at radius 3 is 2.50 bits per heavy atom. The first kappa shape index (κ1) is 19.5. The number of halogens is 1. The Labute approximate surface area is 166 Å². The van der Waals surface area contributed by atoms with Crippen LogP contribution in [-0.4, -0.2) is 30.8 Å². The second kappa shape index (κ2) is 8.63. The number of rotatable bonds is 5. The van der Waals surface area contributed by atoms with Crippen molar-refractivity contribution in [2.45, 2.75) is 0 Å². The zero-order valence-corrected chi connectivity index (χ0v) is 16.3. The van der Waals surface area contributed by atoms with Crippen molar-refractivity contribution in [3.63, 3.8) is 0 Å². The standard InChI is InChI=1S/C22H19FN2O2S/c1-25(2)22(27)16-4-3-5-18(14-16)24-21(26)13-11-19-10-12-20(28-19)15-6-8-17(23)9-7-15/h3-14H,1-2H3,(H,24,26)/b13-11+. The van der Waals surface area contributed by atoms with Gasteiger partial charge in [-0.3, -0.25) is 9.59 Å². The van der Waals surface area contributed by atoms with Crippen molar-refractivity contribution in [3.8, 4) is 10.4 Å². The van der Waals surface area contributed by atoms with Gasteiger partial charge in [-0.1, -0.05) is 18.2 Å². The summed E-state index contributed by atoms with van der Waals surface area (Å²) < 4.78 is 13.0. The minimum atomic E-state index is -0.286. The lowest BCUT2D eigenvalue weighted by Crippen LogP contribution is -2.21. The normalized spacial score (nSPS) is 10.8. The van der Waals surface area contributed by atoms with E-state index in [9.17, 15) is 14.0 Å². The lowest BCUT2D eigenvalue weighted by atomic mass is 10.2. The second-order valence-corrected chi connectivity index (χ2v) is 7.43. The van der Waals surface area contributed by atoms with Crippen molar-refractivity contribution < 1.29 is 14.0 Å². The summed E-state index contributed by atoms with van der Waals surface area (Å²) in [6.07, 6.45) is 3.17. The highest BCUT2D eigenvalue weighted by Crippen LogP contribution is 2.29. The van der Waals surface area contributed by atoms with E-state index in [0.717, 1.165) is 15.3 Å². The summed E-state index contributed by atoms with van der Waals surface area (Å²) >= 11 is 1.51. The van der Waals surface area contributed by atoms with Gasteiger partial charge in [0.05, 0.1) is 0 Å². The molecule has 6 heteroatoms. The Kier molecular flexibility index (Phi) is 6.01. The van der Waals surface area contributed by atoms with Crippen molar-refractivity contribution >= 4 is 34.9 Å². The third kappa shape index (κ3) is 4.92. The van der Waals surface area contributed by atoms with E-state index in [1.54, 1.807) is 56.6 Å². The number of anilines is 1. The molecule has 1 N–H and O–H groups in total. The van der Waals surface area contributed by atoms with E-state index in [1.165, 1.54) is 34.4 Å². The summed E-state index contributed by atoms with van der Waals surface area (Å²) in [5.74, 6) is -0.682. The average Bonchev–Trinajstić information content (AvgIpc) is 3.15. The first-order valence-corrected chi connectivity index (χ1v) is 9.40. The maximum atomic E-state index is 13.0. The molecule has 0 atom stereocenters. The summed E-state index contributed by atoms with van der Waals surface area (Å²) in [6.45, 7) is 0. The van der Waals surface area contributed by atoms with Gasteiger partial charge < -0.3 is 10.2 Å². The van der Waals surface area contributed by atoms with Crippen molar-refractivity contribution in [3.05, 3.63) is 83.0 Å². The predicted octanol–water partition coefficient (Wildman–Crippen LogP) is 4.91. The molecule has 2 aromatic carbocycles. The van der Waals surface area contributed by atoms with E-state index in [0.29, 0.717) is 11.3 Å². The molecular weight excluding hydrogens is 375 g/mol. The molecule has 0 bridgehead atoms. The summed E-state index contributed by atoms with van der Waals surface area (Å²) in [5, 5.41) is 2.76. The number of hydrogen-bond acceptors (Lipinski definition) is 3. The fraction of sp³-hybridized carbons (Fsp3) is 0.0909. The topological polar surface area (TPSA) is 49.4 Å². The van der Waals surface area contributed by atoms with Gasteiger partial charge in [-0.2, -0.15) is 0 Å². The van der Waals surface area contributed by atoms with E-state index in [2.05, 4.69) is 5.32 Å². The number of nitrogens with zero attached hydrogens (tertiary/aromatic N) is 1. The molecule has 1 aromatic heterocycles. The number of nitrogens with one attached hydrogen (secondary N) is 1. The Morgan fingerprint density at radius 1 is 1.04 bits per heavy atom. The quantitative estimate of drug-likeness (QED) is 0.625. The maximum absolute atomic E-state index is 13.0. The molecule has 0 aliphatic heterocycles. The Bertz CT molecular complexity index is 1020. The molecule has 4 nitrogen and oxygen atoms in total. The lowest BCUT2D eigenvalue weighted by molar-refractivity contribution is -0.111. The molecule has 0 aliphatic carbocycles. The third-order valence-electron chi connectivity index (χ3n) is 3.94. The highest BCUT2D eigenvalue weighted by atomic mass is 32.1. The smallest absolute Gasteiger partial charge is 0.253 e. The lowest BCUT2D eigenvalue weighted by Gasteiger charge is -2.11. The molecule has 1 heterocycles. The number of amides is 2. The van der Waals surface area contributed by atoms with Crippen molar-refractivity contribution in [2.24, 2.45) is 0 Å². The fourth-order valence-corrected chi connectivity index (χ4v) is 3.46. The SMILES string of the molecule is CN(C)C(=O)c1cccc(NC(=O)/C=C/c2ccc(-c3ccc(F)cc3)s2)c1. The molecule has 3 aromatic rings. The zero-order valence-electron chi connectivity index (χ0n) is 15.5. The van der Waals surface area contributed by atoms with Crippen LogP contribution in [0.2, 0.25) is 0 Å². The predicted molar refractivity (Wildman–Crippen MR) is 112 cm³/mol. The molecule has 0 saturated heterocycles. The van der Waals surface area contributed by atoms with Gasteiger partial charge in [-0.15, -0.1) is 11.3 Å². The first-order valence-electron chi connectivity index (χ1n) is 8.59. The number of benzene rings is 2. The fourth-order valence-electron chi connectivity index (χ4n) is 2.54. The minimum Gasteiger partial charge on any atom is -0.345 e. The highest BCUT2D eigenvalue weighted by Gasteiger charge is 2.09. The molecule has 0 fully saturated rings. The van der Waals surface area contributed by atoms with Crippen LogP contribution >= 0.6 is 11.3 Å². The number of hydrogen-bond donors (Lipinski definition) is 1. The number of carbonyl (C=O) groups excluding carboxylic acids is 2. The summed E-state index contributed by atoms with van der Waals surface area (Å²) in [7, 11) is 3.36. The molecular formula is C22H19FN2O2S. The van der Waals surface area contributed by atoms with Crippen molar-refractivity contribution in [1.29, 1.82) is 0 Å². The van der Waals surface area contributed by atoms with Gasteiger partial charge in [0.15, 0.2) is 0 Å². The molecule has 0 saturated carbocycles. The van der Waals surface area contributed by atoms with Gasteiger partial charge in [0, 0.05) is 41.2 Å². The van der Waals surface area contributed by atoms with Crippen LogP contribution in [0.4, 0.5) is 10.1 Å². The zero-order chi connectivity index (χ0) is 20.1. The van der Waals surface area contributed by atoms with Gasteiger partial charge in [0.2, 0.25) is 5.91 Å². The van der Waals surface area contributed by atoms with E-state index >= 15 is 0 Å². The number of thiophene rings is 1. The van der Waals surface area contributed by atoms with Crippen LogP contribution in [0.1, 0.15) is 15.2 Å². The maximum Gasteiger partial charge on any atom is 0.253 e. The van der Waals surface area contributed by atoms with E-state index in [-0.39, 0.29) is 17.6 Å². The Balaban J connectivity index is 1.65. The summed E-state index contributed by atoms with van der Waals surface area (Å²) in [5.41, 5.74) is 1.99. The summed E-state index contributed by atoms with van der Waals surface area (Å²) in [4.78, 5) is 27.6. The van der Waals surface area contributed by atoms with Crippen LogP contribution in [0.3, 0.4) is 0 Å². The number of carbonyl (C=O) groups is 2. The molecule has 142 valence electrons. The van der Waals surface area contributed by atoms with E-state index < -0.39 is 0 Å². The molecule has 0 radical (unpaired) electrons. The minimum absolute atomic E-state index is 0.126. The molecule has 2 amide bonds. The van der Waals surface area contributed by atoms with E-state index in [4.69, 9.17) is 0 Å². The van der Waals surface area contributed by atoms with E-state index in [1.807, 2.05) is 12.1 Å². The van der Waals surface area contributed by atoms with Crippen LogP contribution in [0.5, 0.6) is 0 Å². The largest absolute Gasteiger partial charge is 0.345 e. The van der Waals surface area contributed by atoms with Crippen molar-refractivity contribution in [1.82, 2.24) is 4.90 Å². The monoisotopic (exact) mass is 394 g/mol. The van der Waals surface area contributed by atoms with Crippen LogP contribution in [-0.2, 0) is 4.79 Å². The van der Waals surface area contributed by atoms with Crippen LogP contribution in [0, 0.1) is 5.82 Å². The first-order chi connectivity index (χ1) is 13.4. The molecule has 0 spiro atoms. The van der Waals surface area contributed by atoms with Gasteiger partial charge in [-0.25, -0.2) is 4.39 Å². The molecule has 3 rings (SSSR count). The third-order valence-corrected chi connectivity index (χ3v) is 5.04. The summed E-state index contributed by atoms with van der Waals surface area (Å²) in [6, 6.07) is 16.9. The van der Waals surface area contributed by atoms with Gasteiger partial charge in [0.1, 0.15) is 5.82 Å². The Hall–Kier alpha value is -3.25. The molecule has 28 heavy (non-hydrogen) atoms. The van der Waals surface area contributed by atoms with Crippen LogP contribution in [0.25, 0.3) is 16.5 Å². The van der Waals surface area contributed by atoms with Crippen LogP contribution in [0.15, 0.2) is 66.7 Å². The Morgan fingerprint density at radius 2 is 1.79 bits per heavy atom. The molecule has 0 aliphatic rings. The van der Waals surface area contributed by atoms with Gasteiger partial charge in [0.25, 0.3) is 5.91 Å².